The average Bonchev–Trinajstić information content (AvgIpc) is 4.12. The lowest BCUT2D eigenvalue weighted by Crippen LogP contribution is -2.51. The molecule has 3 aromatic rings. The minimum Gasteiger partial charge on any atom is -0.490 e. The molecule has 6 N–H and O–H groups in total. The highest BCUT2D eigenvalue weighted by Crippen LogP contribution is 2.55. The van der Waals surface area contributed by atoms with Crippen molar-refractivity contribution in [3.05, 3.63) is 82.6 Å². The molecular weight excluding hydrogens is 698 g/mol. The van der Waals surface area contributed by atoms with Crippen molar-refractivity contribution in [1.82, 2.24) is 15.2 Å². The molecule has 5 rings (SSSR count). The molecule has 1 heterocycles. The van der Waals surface area contributed by atoms with E-state index in [4.69, 9.17) is 21.4 Å². The topological polar surface area (TPSA) is 173 Å². The number of aliphatic hydroxyl groups excluding tert-OH is 5. The number of amides is 2. The van der Waals surface area contributed by atoms with E-state index < -0.39 is 31.0 Å². The number of hydrogen-bond donors (Lipinski definition) is 6. The Hall–Kier alpha value is -3.58. The van der Waals surface area contributed by atoms with Crippen molar-refractivity contribution in [3.8, 4) is 16.9 Å². The van der Waals surface area contributed by atoms with E-state index in [1.165, 1.54) is 23.1 Å². The minimum absolute atomic E-state index is 0.000182. The Balaban J connectivity index is 1.19. The molecule has 53 heavy (non-hydrogen) atoms. The molecule has 288 valence electrons. The molecule has 2 aromatic carbocycles. The summed E-state index contributed by atoms with van der Waals surface area (Å²) in [7, 11) is 1.48. The standard InChI is InChI=1S/C41H54ClN3O8/c1-26(6-5-9-38(50)45(21-16-37(49)43-2)24-34(47)39(51)40(52)35(48)25-46)27-10-13-33(42)28(22-27)14-17-41(18-19-41)32-23-44-20-15-30(32)31-7-3-4-8-36(31)53-29-11-12-29/h3-4,7-8,10,13,15,20,22-23,26,29,34-35,39-40,46-48,51-52H,5-6,9,11-12,14,16-19,21,24-25H2,1-2H3,(H,43,49)/t26?,34-,35+,39+,40+/m0/s1. The number of nitrogens with one attached hydrogen (secondary N) is 1. The number of pyridine rings is 1. The number of aromatic nitrogens is 1. The van der Waals surface area contributed by atoms with Gasteiger partial charge in [0.1, 0.15) is 30.2 Å². The maximum atomic E-state index is 13.3. The van der Waals surface area contributed by atoms with Gasteiger partial charge in [0, 0.05) is 56.0 Å². The van der Waals surface area contributed by atoms with E-state index in [1.807, 2.05) is 30.6 Å². The molecule has 2 aliphatic rings. The minimum atomic E-state index is -1.81. The molecule has 1 unspecified atom stereocenters. The molecule has 0 saturated heterocycles. The van der Waals surface area contributed by atoms with Gasteiger partial charge in [-0.25, -0.2) is 0 Å². The van der Waals surface area contributed by atoms with Gasteiger partial charge in [0.15, 0.2) is 0 Å². The van der Waals surface area contributed by atoms with Crippen molar-refractivity contribution in [3.63, 3.8) is 0 Å². The molecule has 5 atom stereocenters. The van der Waals surface area contributed by atoms with E-state index in [2.05, 4.69) is 47.6 Å². The van der Waals surface area contributed by atoms with E-state index in [-0.39, 0.29) is 49.1 Å². The third-order valence-corrected chi connectivity index (χ3v) is 11.1. The number of para-hydroxylation sites is 1. The van der Waals surface area contributed by atoms with Gasteiger partial charge >= 0.3 is 0 Å². The largest absolute Gasteiger partial charge is 0.490 e. The number of ether oxygens (including phenoxy) is 1. The van der Waals surface area contributed by atoms with E-state index >= 15 is 0 Å². The van der Waals surface area contributed by atoms with Crippen molar-refractivity contribution in [2.45, 2.75) is 113 Å². The van der Waals surface area contributed by atoms with Crippen LogP contribution in [0.4, 0.5) is 0 Å². The maximum absolute atomic E-state index is 13.3. The molecule has 0 aliphatic heterocycles. The first-order valence-electron chi connectivity index (χ1n) is 18.8. The average molecular weight is 752 g/mol. The molecule has 12 heteroatoms. The van der Waals surface area contributed by atoms with Crippen LogP contribution in [0.5, 0.6) is 5.75 Å². The second kappa shape index (κ2) is 18.6. The second-order valence-electron chi connectivity index (χ2n) is 14.7. The zero-order chi connectivity index (χ0) is 38.1. The van der Waals surface area contributed by atoms with Crippen LogP contribution in [0, 0.1) is 0 Å². The Morgan fingerprint density at radius 1 is 1.02 bits per heavy atom. The predicted octanol–water partition coefficient (Wildman–Crippen LogP) is 4.28. The molecule has 11 nitrogen and oxygen atoms in total. The molecule has 1 aromatic heterocycles. The van der Waals surface area contributed by atoms with E-state index in [9.17, 15) is 30.0 Å². The summed E-state index contributed by atoms with van der Waals surface area (Å²) >= 11 is 6.76. The lowest BCUT2D eigenvalue weighted by atomic mass is 9.84. The van der Waals surface area contributed by atoms with Crippen molar-refractivity contribution in [1.29, 1.82) is 0 Å². The summed E-state index contributed by atoms with van der Waals surface area (Å²) in [5, 5.41) is 52.8. The Bertz CT molecular complexity index is 1680. The molecule has 2 aliphatic carbocycles. The van der Waals surface area contributed by atoms with Crippen LogP contribution in [0.2, 0.25) is 5.02 Å². The monoisotopic (exact) mass is 751 g/mol. The van der Waals surface area contributed by atoms with Gasteiger partial charge in [-0.1, -0.05) is 48.9 Å². The van der Waals surface area contributed by atoms with Crippen LogP contribution in [0.3, 0.4) is 0 Å². The smallest absolute Gasteiger partial charge is 0.222 e. The molecule has 0 spiro atoms. The highest BCUT2D eigenvalue weighted by atomic mass is 35.5. The first-order chi connectivity index (χ1) is 25.5. The van der Waals surface area contributed by atoms with Gasteiger partial charge < -0.3 is 40.5 Å². The third kappa shape index (κ3) is 10.8. The van der Waals surface area contributed by atoms with Crippen molar-refractivity contribution >= 4 is 23.4 Å². The van der Waals surface area contributed by atoms with Crippen molar-refractivity contribution < 1.29 is 39.9 Å². The normalized spacial score (nSPS) is 17.7. The number of aliphatic hydroxyl groups is 5. The first kappa shape index (κ1) is 40.6. The van der Waals surface area contributed by atoms with Crippen LogP contribution >= 0.6 is 11.6 Å². The highest BCUT2D eigenvalue weighted by Gasteiger charge is 2.45. The Kier molecular flexibility index (Phi) is 14.3. The lowest BCUT2D eigenvalue weighted by molar-refractivity contribution is -0.140. The van der Waals surface area contributed by atoms with Gasteiger partial charge in [-0.05, 0) is 103 Å². The number of nitrogens with zero attached hydrogens (tertiary/aromatic N) is 2. The second-order valence-corrected chi connectivity index (χ2v) is 15.1. The fourth-order valence-corrected chi connectivity index (χ4v) is 7.15. The zero-order valence-corrected chi connectivity index (χ0v) is 31.4. The van der Waals surface area contributed by atoms with Gasteiger partial charge in [-0.15, -0.1) is 0 Å². The fraction of sp³-hybridized carbons (Fsp3) is 0.537. The van der Waals surface area contributed by atoms with Crippen LogP contribution in [-0.4, -0.2) is 104 Å². The number of carbonyl (C=O) groups is 2. The van der Waals surface area contributed by atoms with Gasteiger partial charge in [0.25, 0.3) is 0 Å². The number of halogens is 1. The summed E-state index contributed by atoms with van der Waals surface area (Å²) in [6, 6.07) is 16.5. The number of hydrogen-bond acceptors (Lipinski definition) is 9. The number of rotatable bonds is 21. The predicted molar refractivity (Wildman–Crippen MR) is 203 cm³/mol. The van der Waals surface area contributed by atoms with Crippen molar-refractivity contribution in [2.75, 3.05) is 26.7 Å². The summed E-state index contributed by atoms with van der Waals surface area (Å²) in [6.45, 7) is 0.946. The maximum Gasteiger partial charge on any atom is 0.222 e. The Morgan fingerprint density at radius 2 is 1.75 bits per heavy atom. The fourth-order valence-electron chi connectivity index (χ4n) is 6.94. The summed E-state index contributed by atoms with van der Waals surface area (Å²) in [4.78, 5) is 31.0. The molecular formula is C41H54ClN3O8. The molecule has 2 saturated carbocycles. The lowest BCUT2D eigenvalue weighted by Gasteiger charge is -2.30. The molecule has 2 fully saturated rings. The van der Waals surface area contributed by atoms with Crippen LogP contribution in [0.25, 0.3) is 11.1 Å². The summed E-state index contributed by atoms with van der Waals surface area (Å²) in [5.74, 6) is 0.446. The highest BCUT2D eigenvalue weighted by molar-refractivity contribution is 6.31. The quantitative estimate of drug-likeness (QED) is 0.0930. The van der Waals surface area contributed by atoms with E-state index in [0.717, 1.165) is 66.0 Å². The number of benzene rings is 2. The number of carbonyl (C=O) groups excluding carboxylic acids is 2. The zero-order valence-electron chi connectivity index (χ0n) is 30.7. The van der Waals surface area contributed by atoms with Crippen LogP contribution in [0.15, 0.2) is 60.9 Å². The van der Waals surface area contributed by atoms with Gasteiger partial charge in [-0.2, -0.15) is 0 Å². The van der Waals surface area contributed by atoms with E-state index in [1.54, 1.807) is 0 Å². The van der Waals surface area contributed by atoms with Crippen LogP contribution in [0.1, 0.15) is 87.3 Å². The summed E-state index contributed by atoms with van der Waals surface area (Å²) < 4.78 is 6.28. The Labute approximate surface area is 317 Å². The third-order valence-electron chi connectivity index (χ3n) is 10.8. The molecule has 0 radical (unpaired) electrons. The first-order valence-corrected chi connectivity index (χ1v) is 19.1. The van der Waals surface area contributed by atoms with Crippen molar-refractivity contribution in [2.24, 2.45) is 0 Å². The summed E-state index contributed by atoms with van der Waals surface area (Å²) in [5.41, 5.74) is 5.76. The van der Waals surface area contributed by atoms with Gasteiger partial charge in [0.05, 0.1) is 12.7 Å². The SMILES string of the molecule is CNC(=O)CCN(C[C@H](O)[C@@H](O)[C@H](O)[C@H](O)CO)C(=O)CCCC(C)c1ccc(Cl)c(CCC2(c3cnccc3-c3ccccc3OC3CC3)CC2)c1. The van der Waals surface area contributed by atoms with Gasteiger partial charge in [0.2, 0.25) is 11.8 Å². The van der Waals surface area contributed by atoms with Gasteiger partial charge in [-0.3, -0.25) is 14.6 Å². The Morgan fingerprint density at radius 3 is 2.45 bits per heavy atom. The summed E-state index contributed by atoms with van der Waals surface area (Å²) in [6.07, 6.45) is 4.77. The molecule has 0 bridgehead atoms. The molecule has 2 amide bonds. The van der Waals surface area contributed by atoms with E-state index in [0.29, 0.717) is 18.9 Å². The van der Waals surface area contributed by atoms with Crippen LogP contribution < -0.4 is 10.1 Å². The van der Waals surface area contributed by atoms with Crippen LogP contribution in [-0.2, 0) is 21.4 Å². The number of aryl methyl sites for hydroxylation is 1.